The Bertz CT molecular complexity index is 549. The number of fused-ring (bicyclic) bond motifs is 1. The minimum atomic E-state index is 0.475. The fourth-order valence-corrected chi connectivity index (χ4v) is 2.77. The molecule has 2 aromatic rings. The number of aromatic nitrogens is 1. The lowest BCUT2D eigenvalue weighted by molar-refractivity contribution is 0.354. The van der Waals surface area contributed by atoms with E-state index in [2.05, 4.69) is 17.2 Å². The van der Waals surface area contributed by atoms with Gasteiger partial charge in [-0.25, -0.2) is 0 Å². The third-order valence-electron chi connectivity index (χ3n) is 3.71. The number of nitrogens with one attached hydrogen (secondary N) is 1. The molecule has 1 saturated carbocycles. The van der Waals surface area contributed by atoms with E-state index in [0.29, 0.717) is 17.7 Å². The van der Waals surface area contributed by atoms with Crippen molar-refractivity contribution in [2.24, 2.45) is 5.92 Å². The zero-order valence-electron chi connectivity index (χ0n) is 10.6. The lowest BCUT2D eigenvalue weighted by Crippen LogP contribution is -2.26. The number of para-hydroxylation sites is 1. The van der Waals surface area contributed by atoms with Gasteiger partial charge in [-0.1, -0.05) is 25.8 Å². The number of nitrogens with two attached hydrogens (primary N) is 1. The summed E-state index contributed by atoms with van der Waals surface area (Å²) in [4.78, 5) is 4.43. The van der Waals surface area contributed by atoms with E-state index in [0.717, 1.165) is 17.0 Å². The van der Waals surface area contributed by atoms with Gasteiger partial charge in [-0.2, -0.15) is 4.98 Å². The molecule has 0 saturated heterocycles. The van der Waals surface area contributed by atoms with Crippen molar-refractivity contribution in [2.45, 2.75) is 38.6 Å². The van der Waals surface area contributed by atoms with Gasteiger partial charge in [-0.15, -0.1) is 0 Å². The third-order valence-corrected chi connectivity index (χ3v) is 3.71. The summed E-state index contributed by atoms with van der Waals surface area (Å²) in [5.74, 6) is 0.783. The van der Waals surface area contributed by atoms with Gasteiger partial charge in [0.15, 0.2) is 5.58 Å². The number of hydrogen-bond acceptors (Lipinski definition) is 4. The molecule has 0 bridgehead atoms. The van der Waals surface area contributed by atoms with Crippen LogP contribution >= 0.6 is 0 Å². The third kappa shape index (κ3) is 2.15. The number of anilines is 2. The van der Waals surface area contributed by atoms with Gasteiger partial charge in [0.25, 0.3) is 6.01 Å². The Kier molecular flexibility index (Phi) is 2.86. The number of rotatable bonds is 2. The molecule has 0 spiro atoms. The highest BCUT2D eigenvalue weighted by Gasteiger charge is 2.20. The van der Waals surface area contributed by atoms with Gasteiger partial charge in [0, 0.05) is 6.04 Å². The Hall–Kier alpha value is -1.71. The van der Waals surface area contributed by atoms with E-state index in [1.807, 2.05) is 18.2 Å². The van der Waals surface area contributed by atoms with Crippen LogP contribution < -0.4 is 11.1 Å². The Balaban J connectivity index is 1.80. The molecular formula is C14H19N3O. The van der Waals surface area contributed by atoms with E-state index in [1.165, 1.54) is 25.7 Å². The zero-order chi connectivity index (χ0) is 12.5. The Morgan fingerprint density at radius 1 is 1.39 bits per heavy atom. The molecule has 1 aromatic heterocycles. The molecule has 0 aliphatic heterocycles. The van der Waals surface area contributed by atoms with Crippen LogP contribution in [0.3, 0.4) is 0 Å². The van der Waals surface area contributed by atoms with Crippen LogP contribution in [0.4, 0.5) is 11.7 Å². The molecule has 4 nitrogen and oxygen atoms in total. The van der Waals surface area contributed by atoms with Crippen LogP contribution in [-0.4, -0.2) is 11.0 Å². The number of nitrogens with zero attached hydrogens (tertiary/aromatic N) is 1. The highest BCUT2D eigenvalue weighted by Crippen LogP contribution is 2.28. The topological polar surface area (TPSA) is 64.1 Å². The van der Waals surface area contributed by atoms with Crippen LogP contribution in [0.25, 0.3) is 11.1 Å². The van der Waals surface area contributed by atoms with Crippen LogP contribution in [0.1, 0.15) is 32.6 Å². The summed E-state index contributed by atoms with van der Waals surface area (Å²) in [6.45, 7) is 2.30. The summed E-state index contributed by atoms with van der Waals surface area (Å²) < 4.78 is 5.68. The van der Waals surface area contributed by atoms with Crippen molar-refractivity contribution in [3.05, 3.63) is 18.2 Å². The largest absolute Gasteiger partial charge is 0.423 e. The molecule has 2 atom stereocenters. The van der Waals surface area contributed by atoms with Crippen LogP contribution in [0.2, 0.25) is 0 Å². The second-order valence-corrected chi connectivity index (χ2v) is 5.33. The summed E-state index contributed by atoms with van der Waals surface area (Å²) in [5.41, 5.74) is 8.05. The lowest BCUT2D eigenvalue weighted by Gasteiger charge is -2.26. The van der Waals surface area contributed by atoms with Gasteiger partial charge < -0.3 is 15.5 Å². The lowest BCUT2D eigenvalue weighted by atomic mass is 9.87. The molecule has 18 heavy (non-hydrogen) atoms. The quantitative estimate of drug-likeness (QED) is 0.796. The molecule has 4 heteroatoms. The van der Waals surface area contributed by atoms with Gasteiger partial charge in [-0.3, -0.25) is 0 Å². The minimum Gasteiger partial charge on any atom is -0.423 e. The van der Waals surface area contributed by atoms with E-state index in [-0.39, 0.29) is 0 Å². The average molecular weight is 245 g/mol. The van der Waals surface area contributed by atoms with E-state index in [1.54, 1.807) is 0 Å². The first-order chi connectivity index (χ1) is 8.72. The van der Waals surface area contributed by atoms with Gasteiger partial charge in [0.1, 0.15) is 5.52 Å². The summed E-state index contributed by atoms with van der Waals surface area (Å²) >= 11 is 0. The van der Waals surface area contributed by atoms with Crippen LogP contribution in [0, 0.1) is 5.92 Å². The fraction of sp³-hybridized carbons (Fsp3) is 0.500. The Morgan fingerprint density at radius 2 is 2.28 bits per heavy atom. The fourth-order valence-electron chi connectivity index (χ4n) is 2.77. The van der Waals surface area contributed by atoms with E-state index < -0.39 is 0 Å². The first kappa shape index (κ1) is 11.4. The molecule has 0 amide bonds. The first-order valence-corrected chi connectivity index (χ1v) is 6.64. The molecular weight excluding hydrogens is 226 g/mol. The highest BCUT2D eigenvalue weighted by atomic mass is 16.4. The maximum atomic E-state index is 5.87. The number of oxazole rings is 1. The summed E-state index contributed by atoms with van der Waals surface area (Å²) in [6.07, 6.45) is 4.99. The summed E-state index contributed by atoms with van der Waals surface area (Å²) in [6, 6.07) is 6.70. The van der Waals surface area contributed by atoms with Crippen molar-refractivity contribution in [3.63, 3.8) is 0 Å². The zero-order valence-corrected chi connectivity index (χ0v) is 10.6. The maximum Gasteiger partial charge on any atom is 0.295 e. The van der Waals surface area contributed by atoms with E-state index in [9.17, 15) is 0 Å². The second-order valence-electron chi connectivity index (χ2n) is 5.33. The minimum absolute atomic E-state index is 0.475. The number of benzene rings is 1. The monoisotopic (exact) mass is 245 g/mol. The molecule has 3 rings (SSSR count). The summed E-state index contributed by atoms with van der Waals surface area (Å²) in [7, 11) is 0. The standard InChI is InChI=1S/C14H19N3O/c1-9-4-2-5-10(8-9)16-14-17-13-11(15)6-3-7-12(13)18-14/h3,6-7,9-10H,2,4-5,8,15H2,1H3,(H,16,17). The van der Waals surface area contributed by atoms with Crippen molar-refractivity contribution in [1.82, 2.24) is 4.98 Å². The maximum absolute atomic E-state index is 5.87. The second kappa shape index (κ2) is 4.52. The van der Waals surface area contributed by atoms with Crippen molar-refractivity contribution in [2.75, 3.05) is 11.1 Å². The predicted octanol–water partition coefficient (Wildman–Crippen LogP) is 3.40. The van der Waals surface area contributed by atoms with E-state index in [4.69, 9.17) is 10.2 Å². The van der Waals surface area contributed by atoms with Crippen molar-refractivity contribution < 1.29 is 4.42 Å². The van der Waals surface area contributed by atoms with Crippen molar-refractivity contribution >= 4 is 22.8 Å². The van der Waals surface area contributed by atoms with Crippen LogP contribution in [0.15, 0.2) is 22.6 Å². The summed E-state index contributed by atoms with van der Waals surface area (Å²) in [5, 5.41) is 3.39. The molecule has 96 valence electrons. The molecule has 1 heterocycles. The molecule has 2 unspecified atom stereocenters. The number of hydrogen-bond donors (Lipinski definition) is 2. The molecule has 1 aliphatic carbocycles. The van der Waals surface area contributed by atoms with Gasteiger partial charge in [0.05, 0.1) is 5.69 Å². The SMILES string of the molecule is CC1CCCC(Nc2nc3c(N)cccc3o2)C1. The van der Waals surface area contributed by atoms with Crippen LogP contribution in [0.5, 0.6) is 0 Å². The van der Waals surface area contributed by atoms with E-state index >= 15 is 0 Å². The first-order valence-electron chi connectivity index (χ1n) is 6.64. The number of nitrogen functional groups attached to an aromatic ring is 1. The average Bonchev–Trinajstić information content (AvgIpc) is 2.73. The Morgan fingerprint density at radius 3 is 3.06 bits per heavy atom. The molecule has 0 radical (unpaired) electrons. The smallest absolute Gasteiger partial charge is 0.295 e. The molecule has 3 N–H and O–H groups in total. The molecule has 1 aromatic carbocycles. The van der Waals surface area contributed by atoms with Gasteiger partial charge in [0.2, 0.25) is 0 Å². The Labute approximate surface area is 107 Å². The van der Waals surface area contributed by atoms with Crippen molar-refractivity contribution in [3.8, 4) is 0 Å². The van der Waals surface area contributed by atoms with Gasteiger partial charge >= 0.3 is 0 Å². The van der Waals surface area contributed by atoms with Crippen molar-refractivity contribution in [1.29, 1.82) is 0 Å². The predicted molar refractivity (Wildman–Crippen MR) is 73.5 cm³/mol. The van der Waals surface area contributed by atoms with Crippen LogP contribution in [-0.2, 0) is 0 Å². The molecule has 1 fully saturated rings. The normalized spacial score (nSPS) is 24.3. The van der Waals surface area contributed by atoms with Gasteiger partial charge in [-0.05, 0) is 30.9 Å². The highest BCUT2D eigenvalue weighted by molar-refractivity contribution is 5.86. The molecule has 1 aliphatic rings.